The van der Waals surface area contributed by atoms with E-state index in [4.69, 9.17) is 5.73 Å². The minimum Gasteiger partial charge on any atom is -0.373 e. The molecular formula is C11H17N7. The SMILES string of the molecule is CNc1cc(NC(C)Cn2ccnc2)nc(N)n1. The van der Waals surface area contributed by atoms with Crippen LogP contribution in [0.25, 0.3) is 0 Å². The second-order valence-corrected chi connectivity index (χ2v) is 4.05. The number of nitrogens with one attached hydrogen (secondary N) is 2. The molecule has 1 atom stereocenters. The lowest BCUT2D eigenvalue weighted by atomic mass is 10.3. The maximum Gasteiger partial charge on any atom is 0.223 e. The molecule has 2 heterocycles. The van der Waals surface area contributed by atoms with Gasteiger partial charge >= 0.3 is 0 Å². The molecule has 0 radical (unpaired) electrons. The number of nitrogen functional groups attached to an aromatic ring is 1. The van der Waals surface area contributed by atoms with Gasteiger partial charge in [0.15, 0.2) is 0 Å². The van der Waals surface area contributed by atoms with Gasteiger partial charge in [0, 0.05) is 38.1 Å². The Morgan fingerprint density at radius 3 is 2.83 bits per heavy atom. The first-order valence-electron chi connectivity index (χ1n) is 5.72. The molecule has 2 rings (SSSR count). The van der Waals surface area contributed by atoms with Crippen LogP contribution in [0.1, 0.15) is 6.92 Å². The second-order valence-electron chi connectivity index (χ2n) is 4.05. The molecule has 0 fully saturated rings. The van der Waals surface area contributed by atoms with Gasteiger partial charge in [0.05, 0.1) is 6.33 Å². The highest BCUT2D eigenvalue weighted by Gasteiger charge is 2.06. The first-order valence-corrected chi connectivity index (χ1v) is 5.72. The molecule has 0 spiro atoms. The zero-order valence-corrected chi connectivity index (χ0v) is 10.5. The monoisotopic (exact) mass is 247 g/mol. The highest BCUT2D eigenvalue weighted by molar-refractivity contribution is 5.50. The molecule has 96 valence electrons. The highest BCUT2D eigenvalue weighted by atomic mass is 15.1. The normalized spacial score (nSPS) is 12.1. The van der Waals surface area contributed by atoms with Crippen LogP contribution < -0.4 is 16.4 Å². The fraction of sp³-hybridized carbons (Fsp3) is 0.364. The maximum atomic E-state index is 5.63. The van der Waals surface area contributed by atoms with Crippen molar-refractivity contribution in [2.24, 2.45) is 0 Å². The number of hydrogen-bond donors (Lipinski definition) is 3. The van der Waals surface area contributed by atoms with Crippen LogP contribution in [-0.4, -0.2) is 32.6 Å². The van der Waals surface area contributed by atoms with Crippen LogP contribution in [0.3, 0.4) is 0 Å². The summed E-state index contributed by atoms with van der Waals surface area (Å²) in [5.41, 5.74) is 5.63. The summed E-state index contributed by atoms with van der Waals surface area (Å²) in [6, 6.07) is 2.03. The quantitative estimate of drug-likeness (QED) is 0.723. The summed E-state index contributed by atoms with van der Waals surface area (Å²) in [6.45, 7) is 2.87. The standard InChI is InChI=1S/C11H17N7/c1-8(6-18-4-3-14-7-18)15-10-5-9(13-2)16-11(12)17-10/h3-5,7-8H,6H2,1-2H3,(H4,12,13,15,16,17). The zero-order chi connectivity index (χ0) is 13.0. The van der Waals surface area contributed by atoms with Gasteiger partial charge < -0.3 is 20.9 Å². The molecule has 0 saturated heterocycles. The van der Waals surface area contributed by atoms with Gasteiger partial charge in [-0.05, 0) is 6.92 Å². The van der Waals surface area contributed by atoms with Gasteiger partial charge in [0.25, 0.3) is 0 Å². The summed E-state index contributed by atoms with van der Waals surface area (Å²) in [5, 5.41) is 6.22. The Morgan fingerprint density at radius 1 is 1.39 bits per heavy atom. The van der Waals surface area contributed by atoms with E-state index in [1.54, 1.807) is 19.6 Å². The molecule has 2 aromatic heterocycles. The third kappa shape index (κ3) is 3.09. The summed E-state index contributed by atoms with van der Waals surface area (Å²) in [5.74, 6) is 1.65. The minimum atomic E-state index is 0.207. The summed E-state index contributed by atoms with van der Waals surface area (Å²) < 4.78 is 2.00. The van der Waals surface area contributed by atoms with E-state index in [-0.39, 0.29) is 12.0 Å². The number of imidazole rings is 1. The van der Waals surface area contributed by atoms with Crippen molar-refractivity contribution in [2.75, 3.05) is 23.4 Å². The van der Waals surface area contributed by atoms with Crippen LogP contribution in [0.5, 0.6) is 0 Å². The van der Waals surface area contributed by atoms with Crippen molar-refractivity contribution in [3.05, 3.63) is 24.8 Å². The molecule has 0 aromatic carbocycles. The third-order valence-electron chi connectivity index (χ3n) is 2.44. The van der Waals surface area contributed by atoms with Crippen LogP contribution >= 0.6 is 0 Å². The first kappa shape index (κ1) is 12.2. The van der Waals surface area contributed by atoms with Crippen LogP contribution in [0.15, 0.2) is 24.8 Å². The van der Waals surface area contributed by atoms with Crippen LogP contribution in [0, 0.1) is 0 Å². The van der Waals surface area contributed by atoms with E-state index in [9.17, 15) is 0 Å². The Labute approximate surface area is 105 Å². The Bertz CT molecular complexity index is 494. The number of rotatable bonds is 5. The smallest absolute Gasteiger partial charge is 0.223 e. The largest absolute Gasteiger partial charge is 0.373 e. The Hall–Kier alpha value is -2.31. The first-order chi connectivity index (χ1) is 8.67. The van der Waals surface area contributed by atoms with Gasteiger partial charge in [0.2, 0.25) is 5.95 Å². The zero-order valence-electron chi connectivity index (χ0n) is 10.5. The van der Waals surface area contributed by atoms with Crippen LogP contribution in [0.2, 0.25) is 0 Å². The molecule has 1 unspecified atom stereocenters. The van der Waals surface area contributed by atoms with Crippen molar-refractivity contribution in [1.29, 1.82) is 0 Å². The molecule has 0 aliphatic heterocycles. The fourth-order valence-electron chi connectivity index (χ4n) is 1.68. The lowest BCUT2D eigenvalue weighted by Gasteiger charge is -2.15. The predicted molar refractivity (Wildman–Crippen MR) is 71.3 cm³/mol. The van der Waals surface area contributed by atoms with E-state index in [0.717, 1.165) is 6.54 Å². The third-order valence-corrected chi connectivity index (χ3v) is 2.44. The molecule has 0 aliphatic carbocycles. The van der Waals surface area contributed by atoms with Crippen LogP contribution in [0.4, 0.5) is 17.6 Å². The minimum absolute atomic E-state index is 0.207. The topological polar surface area (TPSA) is 93.7 Å². The summed E-state index contributed by atoms with van der Waals surface area (Å²) in [6.07, 6.45) is 5.46. The molecule has 0 aliphatic rings. The average molecular weight is 247 g/mol. The Kier molecular flexibility index (Phi) is 3.61. The molecule has 0 amide bonds. The van der Waals surface area contributed by atoms with Gasteiger partial charge in [-0.2, -0.15) is 9.97 Å². The summed E-state index contributed by atoms with van der Waals surface area (Å²) in [7, 11) is 1.79. The molecule has 2 aromatic rings. The molecule has 7 heteroatoms. The molecule has 0 saturated carbocycles. The Balaban J connectivity index is 2.02. The summed E-state index contributed by atoms with van der Waals surface area (Å²) >= 11 is 0. The van der Waals surface area contributed by atoms with Gasteiger partial charge in [-0.3, -0.25) is 0 Å². The van der Waals surface area contributed by atoms with E-state index in [2.05, 4.69) is 32.5 Å². The number of nitrogens with two attached hydrogens (primary N) is 1. The van der Waals surface area contributed by atoms with E-state index in [1.807, 2.05) is 16.8 Å². The number of nitrogens with zero attached hydrogens (tertiary/aromatic N) is 4. The van der Waals surface area contributed by atoms with Crippen molar-refractivity contribution < 1.29 is 0 Å². The average Bonchev–Trinajstić information content (AvgIpc) is 2.80. The molecule has 7 nitrogen and oxygen atoms in total. The van der Waals surface area contributed by atoms with Crippen molar-refractivity contribution in [1.82, 2.24) is 19.5 Å². The fourth-order valence-corrected chi connectivity index (χ4v) is 1.68. The summed E-state index contributed by atoms with van der Waals surface area (Å²) in [4.78, 5) is 12.2. The lowest BCUT2D eigenvalue weighted by molar-refractivity contribution is 0.617. The van der Waals surface area contributed by atoms with Crippen LogP contribution in [-0.2, 0) is 6.54 Å². The molecular weight excluding hydrogens is 230 g/mol. The molecule has 18 heavy (non-hydrogen) atoms. The van der Waals surface area contributed by atoms with Crippen molar-refractivity contribution in [3.8, 4) is 0 Å². The lowest BCUT2D eigenvalue weighted by Crippen LogP contribution is -2.22. The Morgan fingerprint density at radius 2 is 2.17 bits per heavy atom. The van der Waals surface area contributed by atoms with Crippen molar-refractivity contribution in [3.63, 3.8) is 0 Å². The predicted octanol–water partition coefficient (Wildman–Crippen LogP) is 0.798. The number of anilines is 3. The van der Waals surface area contributed by atoms with Crippen molar-refractivity contribution in [2.45, 2.75) is 19.5 Å². The molecule has 0 bridgehead atoms. The van der Waals surface area contributed by atoms with Gasteiger partial charge in [-0.1, -0.05) is 0 Å². The van der Waals surface area contributed by atoms with Gasteiger partial charge in [-0.25, -0.2) is 4.98 Å². The van der Waals surface area contributed by atoms with Gasteiger partial charge in [-0.15, -0.1) is 0 Å². The number of aromatic nitrogens is 4. The van der Waals surface area contributed by atoms with Gasteiger partial charge in [0.1, 0.15) is 11.6 Å². The van der Waals surface area contributed by atoms with E-state index in [1.165, 1.54) is 0 Å². The van der Waals surface area contributed by atoms with E-state index >= 15 is 0 Å². The van der Waals surface area contributed by atoms with E-state index in [0.29, 0.717) is 11.6 Å². The molecule has 4 N–H and O–H groups in total. The van der Waals surface area contributed by atoms with E-state index < -0.39 is 0 Å². The second kappa shape index (κ2) is 5.35. The number of hydrogen-bond acceptors (Lipinski definition) is 6. The van der Waals surface area contributed by atoms with Crippen molar-refractivity contribution >= 4 is 17.6 Å². The maximum absolute atomic E-state index is 5.63. The highest BCUT2D eigenvalue weighted by Crippen LogP contribution is 2.13.